The number of aliphatic hydroxyl groups is 1. The minimum Gasteiger partial charge on any atom is -0.479 e. The summed E-state index contributed by atoms with van der Waals surface area (Å²) in [7, 11) is 0. The number of carbonyl (C=O) groups is 1. The van der Waals surface area contributed by atoms with E-state index in [2.05, 4.69) is 6.58 Å². The first kappa shape index (κ1) is 11.2. The molecule has 2 atom stereocenters. The summed E-state index contributed by atoms with van der Waals surface area (Å²) in [5, 5.41) is 18.5. The number of rotatable bonds is 2. The highest BCUT2D eigenvalue weighted by atomic mass is 16.4. The lowest BCUT2D eigenvalue weighted by Gasteiger charge is -2.40. The van der Waals surface area contributed by atoms with Crippen LogP contribution in [0.5, 0.6) is 0 Å². The van der Waals surface area contributed by atoms with Gasteiger partial charge in [0.15, 0.2) is 6.10 Å². The summed E-state index contributed by atoms with van der Waals surface area (Å²) in [4.78, 5) is 10.8. The fourth-order valence-corrected chi connectivity index (χ4v) is 2.19. The molecule has 0 radical (unpaired) electrons. The zero-order chi connectivity index (χ0) is 11.1. The van der Waals surface area contributed by atoms with Gasteiger partial charge in [-0.05, 0) is 18.3 Å². The van der Waals surface area contributed by atoms with Gasteiger partial charge in [0.05, 0.1) is 0 Å². The van der Waals surface area contributed by atoms with Crippen molar-refractivity contribution < 1.29 is 15.0 Å². The quantitative estimate of drug-likeness (QED) is 0.665. The Morgan fingerprint density at radius 1 is 1.50 bits per heavy atom. The van der Waals surface area contributed by atoms with E-state index in [9.17, 15) is 9.90 Å². The zero-order valence-corrected chi connectivity index (χ0v) is 9.00. The third-order valence-corrected chi connectivity index (χ3v) is 4.10. The highest BCUT2D eigenvalue weighted by Crippen LogP contribution is 2.56. The monoisotopic (exact) mass is 198 g/mol. The predicted octanol–water partition coefficient (Wildman–Crippen LogP) is 1.81. The third-order valence-electron chi connectivity index (χ3n) is 4.10. The molecule has 0 unspecified atom stereocenters. The smallest absolute Gasteiger partial charge is 0.333 e. The van der Waals surface area contributed by atoms with Crippen LogP contribution >= 0.6 is 0 Å². The van der Waals surface area contributed by atoms with Crippen LogP contribution in [0.3, 0.4) is 0 Å². The molecule has 0 aromatic heterocycles. The minimum atomic E-state index is -1.31. The molecule has 1 fully saturated rings. The van der Waals surface area contributed by atoms with Crippen molar-refractivity contribution in [2.45, 2.75) is 39.7 Å². The molecule has 1 saturated carbocycles. The Morgan fingerprint density at radius 2 is 2.00 bits per heavy atom. The molecule has 80 valence electrons. The van der Waals surface area contributed by atoms with Crippen molar-refractivity contribution in [3.63, 3.8) is 0 Å². The largest absolute Gasteiger partial charge is 0.479 e. The topological polar surface area (TPSA) is 57.5 Å². The highest BCUT2D eigenvalue weighted by molar-refractivity contribution is 5.73. The van der Waals surface area contributed by atoms with Crippen LogP contribution in [-0.2, 0) is 4.79 Å². The molecule has 0 heterocycles. The first-order chi connectivity index (χ1) is 6.23. The maximum atomic E-state index is 10.8. The molecular weight excluding hydrogens is 180 g/mol. The summed E-state index contributed by atoms with van der Waals surface area (Å²) in [5.74, 6) is -1.14. The molecule has 0 saturated heterocycles. The van der Waals surface area contributed by atoms with Crippen molar-refractivity contribution in [1.82, 2.24) is 0 Å². The summed E-state index contributed by atoms with van der Waals surface area (Å²) >= 11 is 0. The van der Waals surface area contributed by atoms with E-state index in [1.807, 2.05) is 20.8 Å². The normalized spacial score (nSPS) is 33.0. The van der Waals surface area contributed by atoms with Gasteiger partial charge in [-0.2, -0.15) is 0 Å². The molecule has 2 N–H and O–H groups in total. The van der Waals surface area contributed by atoms with Crippen LogP contribution in [0.15, 0.2) is 12.2 Å². The van der Waals surface area contributed by atoms with E-state index in [1.165, 1.54) is 0 Å². The van der Waals surface area contributed by atoms with Crippen LogP contribution in [0.4, 0.5) is 0 Å². The van der Waals surface area contributed by atoms with E-state index in [0.29, 0.717) is 6.42 Å². The summed E-state index contributed by atoms with van der Waals surface area (Å²) < 4.78 is 0. The predicted molar refractivity (Wildman–Crippen MR) is 53.9 cm³/mol. The number of carboxylic acids is 1. The fraction of sp³-hybridized carbons (Fsp3) is 0.727. The Hall–Kier alpha value is -0.830. The van der Waals surface area contributed by atoms with Gasteiger partial charge in [0.2, 0.25) is 0 Å². The van der Waals surface area contributed by atoms with Crippen molar-refractivity contribution in [1.29, 1.82) is 0 Å². The number of hydrogen-bond donors (Lipinski definition) is 2. The second kappa shape index (κ2) is 3.09. The third kappa shape index (κ3) is 1.27. The van der Waals surface area contributed by atoms with Crippen LogP contribution in [0.25, 0.3) is 0 Å². The summed E-state index contributed by atoms with van der Waals surface area (Å²) in [6.07, 6.45) is 0.178. The number of hydrogen-bond acceptors (Lipinski definition) is 2. The number of carboxylic acid groups (broad SMARTS) is 1. The minimum absolute atomic E-state index is 0.315. The molecule has 0 amide bonds. The Morgan fingerprint density at radius 3 is 2.29 bits per heavy atom. The Labute approximate surface area is 84.4 Å². The maximum Gasteiger partial charge on any atom is 0.333 e. The molecule has 0 aromatic carbocycles. The van der Waals surface area contributed by atoms with Gasteiger partial charge < -0.3 is 10.2 Å². The lowest BCUT2D eigenvalue weighted by atomic mass is 9.65. The molecule has 1 rings (SSSR count). The summed E-state index contributed by atoms with van der Waals surface area (Å²) in [5.41, 5.74) is 0.112. The van der Waals surface area contributed by atoms with Gasteiger partial charge in [0.25, 0.3) is 0 Å². The Kier molecular flexibility index (Phi) is 2.48. The maximum absolute atomic E-state index is 10.8. The number of aliphatic hydroxyl groups excluding tert-OH is 1. The molecule has 0 spiro atoms. The van der Waals surface area contributed by atoms with E-state index in [-0.39, 0.29) is 5.41 Å². The molecule has 14 heavy (non-hydrogen) atoms. The van der Waals surface area contributed by atoms with Gasteiger partial charge in [-0.15, -0.1) is 0 Å². The van der Waals surface area contributed by atoms with E-state index in [4.69, 9.17) is 5.11 Å². The van der Waals surface area contributed by atoms with Gasteiger partial charge in [0.1, 0.15) is 0 Å². The first-order valence-corrected chi connectivity index (χ1v) is 4.82. The van der Waals surface area contributed by atoms with Crippen molar-refractivity contribution in [2.24, 2.45) is 10.8 Å². The van der Waals surface area contributed by atoms with Crippen LogP contribution in [0.2, 0.25) is 0 Å². The molecule has 3 heteroatoms. The molecular formula is C11H18O3. The molecule has 0 aliphatic heterocycles. The lowest BCUT2D eigenvalue weighted by molar-refractivity contribution is -0.157. The summed E-state index contributed by atoms with van der Waals surface area (Å²) in [6.45, 7) is 9.67. The van der Waals surface area contributed by atoms with E-state index < -0.39 is 17.5 Å². The molecule has 1 aliphatic carbocycles. The van der Waals surface area contributed by atoms with Gasteiger partial charge in [-0.1, -0.05) is 32.9 Å². The van der Waals surface area contributed by atoms with E-state index >= 15 is 0 Å². The first-order valence-electron chi connectivity index (χ1n) is 4.82. The Balaban J connectivity index is 3.07. The SMILES string of the molecule is C=C1CC[C@@](C)([C@@H](O)C(=O)O)C1(C)C. The average molecular weight is 198 g/mol. The van der Waals surface area contributed by atoms with Crippen molar-refractivity contribution in [3.8, 4) is 0 Å². The van der Waals surface area contributed by atoms with E-state index in [0.717, 1.165) is 12.0 Å². The van der Waals surface area contributed by atoms with Gasteiger partial charge >= 0.3 is 5.97 Å². The Bertz CT molecular complexity index is 280. The average Bonchev–Trinajstić information content (AvgIpc) is 2.29. The second-order valence-electron chi connectivity index (χ2n) is 4.89. The number of allylic oxidation sites excluding steroid dienone is 1. The van der Waals surface area contributed by atoms with Gasteiger partial charge in [-0.3, -0.25) is 0 Å². The van der Waals surface area contributed by atoms with Crippen molar-refractivity contribution >= 4 is 5.97 Å². The van der Waals surface area contributed by atoms with Crippen LogP contribution < -0.4 is 0 Å². The van der Waals surface area contributed by atoms with Gasteiger partial charge in [0, 0.05) is 5.41 Å². The standard InChI is InChI=1S/C11H18O3/c1-7-5-6-11(4,10(7,2)3)8(12)9(13)14/h8,12H,1,5-6H2,2-4H3,(H,13,14)/t8-,11-/m0/s1. The van der Waals surface area contributed by atoms with Crippen molar-refractivity contribution in [2.75, 3.05) is 0 Å². The zero-order valence-electron chi connectivity index (χ0n) is 9.00. The fourth-order valence-electron chi connectivity index (χ4n) is 2.19. The summed E-state index contributed by atoms with van der Waals surface area (Å²) in [6, 6.07) is 0. The molecule has 0 bridgehead atoms. The second-order valence-corrected chi connectivity index (χ2v) is 4.89. The number of aliphatic carboxylic acids is 1. The lowest BCUT2D eigenvalue weighted by Crippen LogP contribution is -2.45. The van der Waals surface area contributed by atoms with Crippen LogP contribution in [0.1, 0.15) is 33.6 Å². The van der Waals surface area contributed by atoms with E-state index in [1.54, 1.807) is 0 Å². The molecule has 3 nitrogen and oxygen atoms in total. The van der Waals surface area contributed by atoms with Crippen LogP contribution in [-0.4, -0.2) is 22.3 Å². The molecule has 0 aromatic rings. The van der Waals surface area contributed by atoms with Crippen LogP contribution in [0, 0.1) is 10.8 Å². The van der Waals surface area contributed by atoms with Gasteiger partial charge in [-0.25, -0.2) is 4.79 Å². The molecule has 1 aliphatic rings. The van der Waals surface area contributed by atoms with Crippen molar-refractivity contribution in [3.05, 3.63) is 12.2 Å². The highest BCUT2D eigenvalue weighted by Gasteiger charge is 2.54.